The lowest BCUT2D eigenvalue weighted by atomic mass is 10.2. The quantitative estimate of drug-likeness (QED) is 0.826. The van der Waals surface area contributed by atoms with Gasteiger partial charge in [0.05, 0.1) is 11.7 Å². The number of rotatable bonds is 3. The van der Waals surface area contributed by atoms with Crippen LogP contribution in [-0.2, 0) is 0 Å². The fraction of sp³-hybridized carbons (Fsp3) is 0.250. The molecule has 5 nitrogen and oxygen atoms in total. The number of hydrogen-bond acceptors (Lipinski definition) is 6. The molecule has 0 aromatic carbocycles. The average Bonchev–Trinajstić information content (AvgIpc) is 2.72. The predicted octanol–water partition coefficient (Wildman–Crippen LogP) is 1.50. The Hall–Kier alpha value is -1.56. The van der Waals surface area contributed by atoms with Crippen molar-refractivity contribution in [1.82, 2.24) is 19.8 Å². The van der Waals surface area contributed by atoms with Gasteiger partial charge in [-0.25, -0.2) is 0 Å². The molecule has 0 aliphatic heterocycles. The molecule has 1 atom stereocenters. The highest BCUT2D eigenvalue weighted by molar-refractivity contribution is 7.03. The van der Waals surface area contributed by atoms with Crippen LogP contribution in [0.5, 0.6) is 0 Å². The zero-order valence-electron chi connectivity index (χ0n) is 7.58. The molecule has 72 valence electrons. The van der Waals surface area contributed by atoms with Gasteiger partial charge >= 0.3 is 0 Å². The summed E-state index contributed by atoms with van der Waals surface area (Å²) in [5, 5.41) is 16.8. The van der Waals surface area contributed by atoms with Crippen molar-refractivity contribution in [2.24, 2.45) is 0 Å². The summed E-state index contributed by atoms with van der Waals surface area (Å²) in [6.07, 6.45) is 1.64. The van der Waals surface area contributed by atoms with Gasteiger partial charge in [0.25, 0.3) is 0 Å². The molecule has 6 heteroatoms. The van der Waals surface area contributed by atoms with Gasteiger partial charge in [0.1, 0.15) is 5.82 Å². The highest BCUT2D eigenvalue weighted by Gasteiger charge is 2.08. The van der Waals surface area contributed by atoms with Crippen molar-refractivity contribution in [2.75, 3.05) is 5.32 Å². The minimum Gasteiger partial charge on any atom is -0.360 e. The Morgan fingerprint density at radius 2 is 2.36 bits per heavy atom. The fourth-order valence-electron chi connectivity index (χ4n) is 1.03. The van der Waals surface area contributed by atoms with Crippen molar-refractivity contribution in [3.05, 3.63) is 29.4 Å². The molecule has 1 unspecified atom stereocenters. The number of anilines is 1. The Morgan fingerprint density at radius 3 is 3.00 bits per heavy atom. The third-order valence-corrected chi connectivity index (χ3v) is 2.28. The molecule has 2 aromatic heterocycles. The van der Waals surface area contributed by atoms with Crippen molar-refractivity contribution in [3.63, 3.8) is 0 Å². The maximum atomic E-state index is 3.97. The lowest BCUT2D eigenvalue weighted by Gasteiger charge is -2.09. The van der Waals surface area contributed by atoms with Gasteiger partial charge < -0.3 is 5.32 Å². The van der Waals surface area contributed by atoms with Crippen LogP contribution in [0.4, 0.5) is 5.82 Å². The van der Waals surface area contributed by atoms with Gasteiger partial charge in [-0.05, 0) is 30.6 Å². The monoisotopic (exact) mass is 207 g/mol. The normalized spacial score (nSPS) is 12.4. The molecule has 1 N–H and O–H groups in total. The van der Waals surface area contributed by atoms with Crippen LogP contribution in [0.3, 0.4) is 0 Å². The van der Waals surface area contributed by atoms with Crippen LogP contribution in [0.2, 0.25) is 0 Å². The third kappa shape index (κ3) is 2.02. The summed E-state index contributed by atoms with van der Waals surface area (Å²) in [4.78, 5) is 0. The first kappa shape index (κ1) is 9.01. The smallest absolute Gasteiger partial charge is 0.149 e. The van der Waals surface area contributed by atoms with Crippen LogP contribution in [0, 0.1) is 0 Å². The molecular weight excluding hydrogens is 198 g/mol. The van der Waals surface area contributed by atoms with Crippen LogP contribution < -0.4 is 5.32 Å². The van der Waals surface area contributed by atoms with E-state index in [9.17, 15) is 0 Å². The second kappa shape index (κ2) is 4.10. The maximum Gasteiger partial charge on any atom is 0.149 e. The van der Waals surface area contributed by atoms with E-state index in [1.165, 1.54) is 11.5 Å². The second-order valence-corrected chi connectivity index (χ2v) is 3.41. The first-order valence-electron chi connectivity index (χ1n) is 4.17. The largest absolute Gasteiger partial charge is 0.360 e. The highest BCUT2D eigenvalue weighted by Crippen LogP contribution is 2.15. The van der Waals surface area contributed by atoms with Crippen LogP contribution in [0.15, 0.2) is 23.7 Å². The Morgan fingerprint density at radius 1 is 1.43 bits per heavy atom. The SMILES string of the molecule is CC(Nc1cccnn1)c1csnn1. The van der Waals surface area contributed by atoms with E-state index < -0.39 is 0 Å². The molecule has 0 amide bonds. The molecule has 2 heterocycles. The first-order valence-corrected chi connectivity index (χ1v) is 5.01. The number of nitrogens with zero attached hydrogens (tertiary/aromatic N) is 4. The van der Waals surface area contributed by atoms with Gasteiger partial charge in [-0.3, -0.25) is 0 Å². The summed E-state index contributed by atoms with van der Waals surface area (Å²) < 4.78 is 3.80. The van der Waals surface area contributed by atoms with Gasteiger partial charge in [-0.2, -0.15) is 5.10 Å². The summed E-state index contributed by atoms with van der Waals surface area (Å²) >= 11 is 1.34. The summed E-state index contributed by atoms with van der Waals surface area (Å²) in [5.74, 6) is 0.744. The molecular formula is C8H9N5S. The van der Waals surface area contributed by atoms with Gasteiger partial charge in [0, 0.05) is 11.6 Å². The summed E-state index contributed by atoms with van der Waals surface area (Å²) in [6, 6.07) is 3.80. The van der Waals surface area contributed by atoms with Gasteiger partial charge in [-0.15, -0.1) is 10.2 Å². The first-order chi connectivity index (χ1) is 6.86. The minimum atomic E-state index is 0.102. The minimum absolute atomic E-state index is 0.102. The van der Waals surface area contributed by atoms with Gasteiger partial charge in [0.15, 0.2) is 0 Å². The van der Waals surface area contributed by atoms with Crippen molar-refractivity contribution in [1.29, 1.82) is 0 Å². The number of aromatic nitrogens is 4. The lowest BCUT2D eigenvalue weighted by molar-refractivity contribution is 0.813. The van der Waals surface area contributed by atoms with E-state index in [4.69, 9.17) is 0 Å². The molecule has 0 aliphatic rings. The lowest BCUT2D eigenvalue weighted by Crippen LogP contribution is -2.08. The fourth-order valence-corrected chi connectivity index (χ4v) is 1.58. The molecule has 0 aliphatic carbocycles. The Kier molecular flexibility index (Phi) is 2.64. The van der Waals surface area contributed by atoms with Gasteiger partial charge in [0.2, 0.25) is 0 Å². The molecule has 0 saturated carbocycles. The van der Waals surface area contributed by atoms with Crippen LogP contribution in [0.25, 0.3) is 0 Å². The van der Waals surface area contributed by atoms with Crippen molar-refractivity contribution >= 4 is 17.4 Å². The van der Waals surface area contributed by atoms with Gasteiger partial charge in [-0.1, -0.05) is 4.49 Å². The van der Waals surface area contributed by atoms with E-state index in [2.05, 4.69) is 25.1 Å². The van der Waals surface area contributed by atoms with E-state index in [0.717, 1.165) is 11.5 Å². The van der Waals surface area contributed by atoms with Crippen molar-refractivity contribution in [2.45, 2.75) is 13.0 Å². The zero-order valence-corrected chi connectivity index (χ0v) is 8.40. The molecule has 0 saturated heterocycles. The van der Waals surface area contributed by atoms with E-state index in [1.54, 1.807) is 6.20 Å². The molecule has 0 radical (unpaired) electrons. The Bertz CT molecular complexity index is 374. The van der Waals surface area contributed by atoms with E-state index in [1.807, 2.05) is 24.4 Å². The van der Waals surface area contributed by atoms with Crippen LogP contribution in [-0.4, -0.2) is 19.8 Å². The molecule has 2 aromatic rings. The van der Waals surface area contributed by atoms with Crippen LogP contribution in [0.1, 0.15) is 18.7 Å². The van der Waals surface area contributed by atoms with Crippen LogP contribution >= 0.6 is 11.5 Å². The topological polar surface area (TPSA) is 63.6 Å². The van der Waals surface area contributed by atoms with Crippen molar-refractivity contribution < 1.29 is 0 Å². The van der Waals surface area contributed by atoms with E-state index in [0.29, 0.717) is 0 Å². The van der Waals surface area contributed by atoms with E-state index in [-0.39, 0.29) is 6.04 Å². The Balaban J connectivity index is 2.06. The predicted molar refractivity (Wildman–Crippen MR) is 54.0 cm³/mol. The standard InChI is InChI=1S/C8H9N5S/c1-6(7-5-14-13-11-7)10-8-3-2-4-9-12-8/h2-6H,1H3,(H,10,12). The number of hydrogen-bond donors (Lipinski definition) is 1. The molecule has 2 rings (SSSR count). The second-order valence-electron chi connectivity index (χ2n) is 2.80. The third-order valence-electron chi connectivity index (χ3n) is 1.76. The summed E-state index contributed by atoms with van der Waals surface area (Å²) in [5.41, 5.74) is 0.917. The average molecular weight is 207 g/mol. The molecule has 14 heavy (non-hydrogen) atoms. The van der Waals surface area contributed by atoms with Crippen molar-refractivity contribution in [3.8, 4) is 0 Å². The zero-order chi connectivity index (χ0) is 9.80. The summed E-state index contributed by atoms with van der Waals surface area (Å²) in [7, 11) is 0. The maximum absolute atomic E-state index is 3.97. The van der Waals surface area contributed by atoms with E-state index >= 15 is 0 Å². The molecule has 0 fully saturated rings. The molecule has 0 spiro atoms. The highest BCUT2D eigenvalue weighted by atomic mass is 32.1. The molecule has 0 bridgehead atoms. The summed E-state index contributed by atoms with van der Waals surface area (Å²) in [6.45, 7) is 2.01. The number of nitrogens with one attached hydrogen (secondary N) is 1. The Labute approximate surface area is 85.4 Å².